The maximum atomic E-state index is 10.5. The summed E-state index contributed by atoms with van der Waals surface area (Å²) in [4.78, 5) is 0.925. The van der Waals surface area contributed by atoms with Crippen LogP contribution < -0.4 is 0 Å². The van der Waals surface area contributed by atoms with Gasteiger partial charge in [0, 0.05) is 21.3 Å². The summed E-state index contributed by atoms with van der Waals surface area (Å²) in [6, 6.07) is 9.14. The minimum absolute atomic E-state index is 0.451. The van der Waals surface area contributed by atoms with Gasteiger partial charge < -0.3 is 5.11 Å². The van der Waals surface area contributed by atoms with E-state index in [-0.39, 0.29) is 0 Å². The van der Waals surface area contributed by atoms with Crippen LogP contribution in [0.15, 0.2) is 35.7 Å². The van der Waals surface area contributed by atoms with Gasteiger partial charge in [0.25, 0.3) is 0 Å². The van der Waals surface area contributed by atoms with E-state index >= 15 is 0 Å². The van der Waals surface area contributed by atoms with Gasteiger partial charge in [-0.05, 0) is 42.1 Å². The Hall–Kier alpha value is -0.540. The van der Waals surface area contributed by atoms with Crippen molar-refractivity contribution in [1.29, 1.82) is 0 Å². The van der Waals surface area contributed by atoms with Crippen LogP contribution in [-0.2, 0) is 12.0 Å². The van der Waals surface area contributed by atoms with E-state index in [0.29, 0.717) is 16.5 Å². The first-order valence-corrected chi connectivity index (χ1v) is 6.83. The number of aliphatic hydroxyl groups is 1. The highest BCUT2D eigenvalue weighted by Crippen LogP contribution is 2.32. The minimum atomic E-state index is -0.914. The van der Waals surface area contributed by atoms with Gasteiger partial charge in [-0.3, -0.25) is 0 Å². The highest BCUT2D eigenvalue weighted by molar-refractivity contribution is 7.10. The quantitative estimate of drug-likeness (QED) is 0.881. The Balaban J connectivity index is 2.29. The molecule has 0 aliphatic heterocycles. The first-order valence-electron chi connectivity index (χ1n) is 5.19. The van der Waals surface area contributed by atoms with Gasteiger partial charge in [0.1, 0.15) is 0 Å². The van der Waals surface area contributed by atoms with E-state index < -0.39 is 5.60 Å². The molecule has 1 atom stereocenters. The molecule has 0 radical (unpaired) electrons. The molecule has 0 aliphatic rings. The second-order valence-corrected chi connectivity index (χ2v) is 5.95. The Morgan fingerprint density at radius 2 is 2.06 bits per heavy atom. The summed E-state index contributed by atoms with van der Waals surface area (Å²) in [5.74, 6) is 0. The summed E-state index contributed by atoms with van der Waals surface area (Å²) in [5.41, 5.74) is -0.0553. The van der Waals surface area contributed by atoms with Crippen molar-refractivity contribution in [3.8, 4) is 0 Å². The van der Waals surface area contributed by atoms with E-state index in [1.54, 1.807) is 25.1 Å². The van der Waals surface area contributed by atoms with E-state index in [4.69, 9.17) is 23.2 Å². The highest BCUT2D eigenvalue weighted by Gasteiger charge is 2.25. The van der Waals surface area contributed by atoms with Gasteiger partial charge in [0.15, 0.2) is 0 Å². The van der Waals surface area contributed by atoms with Crippen molar-refractivity contribution in [3.05, 3.63) is 56.2 Å². The molecule has 90 valence electrons. The SMILES string of the molecule is CC(O)(Cc1cc(Cl)ccc1Cl)c1cccs1. The lowest BCUT2D eigenvalue weighted by Gasteiger charge is -2.22. The van der Waals surface area contributed by atoms with Crippen LogP contribution in [0.25, 0.3) is 0 Å². The van der Waals surface area contributed by atoms with Crippen LogP contribution in [0.3, 0.4) is 0 Å². The Bertz CT molecular complexity index is 506. The summed E-state index contributed by atoms with van der Waals surface area (Å²) >= 11 is 13.6. The van der Waals surface area contributed by atoms with Crippen LogP contribution in [0.1, 0.15) is 17.4 Å². The maximum Gasteiger partial charge on any atom is 0.1000 e. The molecule has 2 aromatic rings. The van der Waals surface area contributed by atoms with Crippen molar-refractivity contribution in [1.82, 2.24) is 0 Å². The first-order chi connectivity index (χ1) is 7.99. The second-order valence-electron chi connectivity index (χ2n) is 4.16. The molecular formula is C13H12Cl2OS. The van der Waals surface area contributed by atoms with Gasteiger partial charge in [0.2, 0.25) is 0 Å². The van der Waals surface area contributed by atoms with Crippen molar-refractivity contribution in [2.75, 3.05) is 0 Å². The molecule has 0 saturated heterocycles. The van der Waals surface area contributed by atoms with Gasteiger partial charge >= 0.3 is 0 Å². The zero-order valence-corrected chi connectivity index (χ0v) is 11.6. The number of hydrogen-bond acceptors (Lipinski definition) is 2. The lowest BCUT2D eigenvalue weighted by Crippen LogP contribution is -2.23. The van der Waals surface area contributed by atoms with Gasteiger partial charge in [0.05, 0.1) is 5.60 Å². The molecule has 0 aliphatic carbocycles. The maximum absolute atomic E-state index is 10.5. The molecule has 0 amide bonds. The van der Waals surface area contributed by atoms with Gasteiger partial charge in [-0.2, -0.15) is 0 Å². The third-order valence-corrected chi connectivity index (χ3v) is 4.32. The standard InChI is InChI=1S/C13H12Cl2OS/c1-13(16,12-3-2-6-17-12)8-9-7-10(14)4-5-11(9)15/h2-7,16H,8H2,1H3. The fourth-order valence-electron chi connectivity index (χ4n) is 1.72. The molecule has 1 aromatic carbocycles. The van der Waals surface area contributed by atoms with Crippen molar-refractivity contribution in [2.24, 2.45) is 0 Å². The summed E-state index contributed by atoms with van der Waals surface area (Å²) in [6.07, 6.45) is 0.451. The van der Waals surface area contributed by atoms with Gasteiger partial charge in [-0.1, -0.05) is 29.3 Å². The zero-order chi connectivity index (χ0) is 12.5. The smallest absolute Gasteiger partial charge is 0.1000 e. The predicted molar refractivity (Wildman–Crippen MR) is 74.1 cm³/mol. The Morgan fingerprint density at radius 1 is 1.29 bits per heavy atom. The Labute approximate surface area is 115 Å². The van der Waals surface area contributed by atoms with Crippen LogP contribution in [0.2, 0.25) is 10.0 Å². The van der Waals surface area contributed by atoms with Crippen LogP contribution >= 0.6 is 34.5 Å². The van der Waals surface area contributed by atoms with Crippen LogP contribution in [0.5, 0.6) is 0 Å². The van der Waals surface area contributed by atoms with Crippen molar-refractivity contribution < 1.29 is 5.11 Å². The van der Waals surface area contributed by atoms with Crippen LogP contribution in [0, 0.1) is 0 Å². The van der Waals surface area contributed by atoms with Crippen molar-refractivity contribution in [2.45, 2.75) is 18.9 Å². The molecule has 1 unspecified atom stereocenters. The van der Waals surface area contributed by atoms with E-state index in [9.17, 15) is 5.11 Å². The largest absolute Gasteiger partial charge is 0.384 e. The summed E-state index contributed by atoms with van der Waals surface area (Å²) in [5, 5.41) is 13.7. The third-order valence-electron chi connectivity index (χ3n) is 2.59. The summed E-state index contributed by atoms with van der Waals surface area (Å²) < 4.78 is 0. The topological polar surface area (TPSA) is 20.2 Å². The molecule has 4 heteroatoms. The second kappa shape index (κ2) is 4.99. The normalized spacial score (nSPS) is 14.6. The third kappa shape index (κ3) is 3.02. The number of hydrogen-bond donors (Lipinski definition) is 1. The average Bonchev–Trinajstić information content (AvgIpc) is 2.77. The number of halogens is 2. The predicted octanol–water partition coefficient (Wildman–Crippen LogP) is 4.51. The zero-order valence-electron chi connectivity index (χ0n) is 9.28. The van der Waals surface area contributed by atoms with E-state index in [2.05, 4.69) is 0 Å². The van der Waals surface area contributed by atoms with Gasteiger partial charge in [-0.15, -0.1) is 11.3 Å². The van der Waals surface area contributed by atoms with Crippen molar-refractivity contribution in [3.63, 3.8) is 0 Å². The summed E-state index contributed by atoms with van der Waals surface area (Å²) in [7, 11) is 0. The molecule has 0 saturated carbocycles. The minimum Gasteiger partial charge on any atom is -0.384 e. The molecule has 0 spiro atoms. The molecule has 0 fully saturated rings. The van der Waals surface area contributed by atoms with E-state index in [1.165, 1.54) is 11.3 Å². The number of benzene rings is 1. The average molecular weight is 287 g/mol. The van der Waals surface area contributed by atoms with Crippen LogP contribution in [0.4, 0.5) is 0 Å². The molecule has 2 rings (SSSR count). The van der Waals surface area contributed by atoms with Crippen LogP contribution in [-0.4, -0.2) is 5.11 Å². The molecule has 1 nitrogen and oxygen atoms in total. The van der Waals surface area contributed by atoms with E-state index in [1.807, 2.05) is 17.5 Å². The summed E-state index contributed by atoms with van der Waals surface area (Å²) in [6.45, 7) is 1.79. The number of thiophene rings is 1. The van der Waals surface area contributed by atoms with E-state index in [0.717, 1.165) is 10.4 Å². The lowest BCUT2D eigenvalue weighted by atomic mass is 9.95. The molecule has 1 N–H and O–H groups in total. The first kappa shape index (κ1) is 12.9. The molecule has 0 bridgehead atoms. The number of rotatable bonds is 3. The molecular weight excluding hydrogens is 275 g/mol. The molecule has 17 heavy (non-hydrogen) atoms. The fourth-order valence-corrected chi connectivity index (χ4v) is 2.89. The Kier molecular flexibility index (Phi) is 3.79. The molecule has 1 heterocycles. The lowest BCUT2D eigenvalue weighted by molar-refractivity contribution is 0.0615. The van der Waals surface area contributed by atoms with Gasteiger partial charge in [-0.25, -0.2) is 0 Å². The molecule has 1 aromatic heterocycles. The Morgan fingerprint density at radius 3 is 2.71 bits per heavy atom. The highest BCUT2D eigenvalue weighted by atomic mass is 35.5. The fraction of sp³-hybridized carbons (Fsp3) is 0.231. The monoisotopic (exact) mass is 286 g/mol. The van der Waals surface area contributed by atoms with Crippen molar-refractivity contribution >= 4 is 34.5 Å².